The van der Waals surface area contributed by atoms with Gasteiger partial charge in [-0.05, 0) is 51.5 Å². The van der Waals surface area contributed by atoms with Crippen LogP contribution in [0.3, 0.4) is 0 Å². The van der Waals surface area contributed by atoms with Crippen LogP contribution in [0.25, 0.3) is 0 Å². The number of para-hydroxylation sites is 1. The first-order valence-corrected chi connectivity index (χ1v) is 11.7. The Labute approximate surface area is 176 Å². The van der Waals surface area contributed by atoms with Crippen LogP contribution in [0.5, 0.6) is 0 Å². The van der Waals surface area contributed by atoms with Crippen LogP contribution < -0.4 is 9.62 Å². The molecule has 7 heteroatoms. The standard InChI is InChI=1S/C21H27BrN2O3S/c1-15(16-10-12-17(13-11-16)21(2,3)4)23-20(25)14-24(28(5,26)27)19-9-7-6-8-18(19)22/h6-13,15H,14H2,1-5H3,(H,23,25)/t15-/m1/s1. The molecule has 0 fully saturated rings. The summed E-state index contributed by atoms with van der Waals surface area (Å²) in [6.45, 7) is 8.04. The maximum absolute atomic E-state index is 12.6. The van der Waals surface area contributed by atoms with Gasteiger partial charge in [0.15, 0.2) is 0 Å². The fourth-order valence-electron chi connectivity index (χ4n) is 2.81. The SMILES string of the molecule is C[C@@H](NC(=O)CN(c1ccccc1Br)S(C)(=O)=O)c1ccc(C(C)(C)C)cc1. The van der Waals surface area contributed by atoms with E-state index in [-0.39, 0.29) is 23.9 Å². The minimum atomic E-state index is -3.62. The number of benzene rings is 2. The zero-order valence-corrected chi connectivity index (χ0v) is 19.3. The van der Waals surface area contributed by atoms with Crippen molar-refractivity contribution in [3.05, 3.63) is 64.1 Å². The van der Waals surface area contributed by atoms with E-state index >= 15 is 0 Å². The van der Waals surface area contributed by atoms with Crippen molar-refractivity contribution in [1.29, 1.82) is 0 Å². The second-order valence-corrected chi connectivity index (χ2v) is 10.6. The van der Waals surface area contributed by atoms with Crippen molar-refractivity contribution in [3.8, 4) is 0 Å². The Morgan fingerprint density at radius 3 is 2.18 bits per heavy atom. The van der Waals surface area contributed by atoms with Gasteiger partial charge < -0.3 is 5.32 Å². The Bertz CT molecular complexity index is 935. The molecule has 5 nitrogen and oxygen atoms in total. The van der Waals surface area contributed by atoms with Gasteiger partial charge in [0.1, 0.15) is 6.54 Å². The van der Waals surface area contributed by atoms with Crippen LogP contribution in [-0.2, 0) is 20.2 Å². The van der Waals surface area contributed by atoms with Gasteiger partial charge in [0, 0.05) is 4.47 Å². The van der Waals surface area contributed by atoms with Crippen LogP contribution in [0.4, 0.5) is 5.69 Å². The monoisotopic (exact) mass is 466 g/mol. The summed E-state index contributed by atoms with van der Waals surface area (Å²) in [6.07, 6.45) is 1.09. The van der Waals surface area contributed by atoms with Crippen molar-refractivity contribution in [2.24, 2.45) is 0 Å². The predicted molar refractivity (Wildman–Crippen MR) is 118 cm³/mol. The van der Waals surface area contributed by atoms with E-state index in [1.165, 1.54) is 5.56 Å². The lowest BCUT2D eigenvalue weighted by Gasteiger charge is -2.24. The predicted octanol–water partition coefficient (Wildman–Crippen LogP) is 4.39. The molecule has 0 aliphatic heterocycles. The van der Waals surface area contributed by atoms with Crippen molar-refractivity contribution in [1.82, 2.24) is 5.32 Å². The summed E-state index contributed by atoms with van der Waals surface area (Å²) in [7, 11) is -3.62. The number of carbonyl (C=O) groups excluding carboxylic acids is 1. The summed E-state index contributed by atoms with van der Waals surface area (Å²) >= 11 is 3.35. The number of nitrogens with one attached hydrogen (secondary N) is 1. The number of carbonyl (C=O) groups is 1. The highest BCUT2D eigenvalue weighted by molar-refractivity contribution is 9.10. The highest BCUT2D eigenvalue weighted by atomic mass is 79.9. The third-order valence-corrected chi connectivity index (χ3v) is 6.26. The van der Waals surface area contributed by atoms with E-state index in [0.29, 0.717) is 10.2 Å². The first kappa shape index (κ1) is 22.4. The molecule has 0 heterocycles. The van der Waals surface area contributed by atoms with Crippen LogP contribution >= 0.6 is 15.9 Å². The number of hydrogen-bond acceptors (Lipinski definition) is 3. The number of halogens is 1. The van der Waals surface area contributed by atoms with E-state index in [4.69, 9.17) is 0 Å². The number of hydrogen-bond donors (Lipinski definition) is 1. The highest BCUT2D eigenvalue weighted by Gasteiger charge is 2.23. The lowest BCUT2D eigenvalue weighted by molar-refractivity contribution is -0.120. The molecule has 0 radical (unpaired) electrons. The Kier molecular flexibility index (Phi) is 6.93. The summed E-state index contributed by atoms with van der Waals surface area (Å²) in [5.74, 6) is -0.367. The van der Waals surface area contributed by atoms with Crippen LogP contribution in [0.2, 0.25) is 0 Å². The molecule has 0 saturated carbocycles. The van der Waals surface area contributed by atoms with E-state index in [2.05, 4.69) is 54.2 Å². The van der Waals surface area contributed by atoms with Crippen molar-refractivity contribution in [2.75, 3.05) is 17.1 Å². The minimum Gasteiger partial charge on any atom is -0.348 e. The Morgan fingerprint density at radius 2 is 1.68 bits per heavy atom. The molecule has 0 bridgehead atoms. The highest BCUT2D eigenvalue weighted by Crippen LogP contribution is 2.28. The maximum Gasteiger partial charge on any atom is 0.241 e. The summed E-state index contributed by atoms with van der Waals surface area (Å²) in [4.78, 5) is 12.6. The van der Waals surface area contributed by atoms with Gasteiger partial charge in [-0.3, -0.25) is 9.10 Å². The van der Waals surface area contributed by atoms with E-state index < -0.39 is 10.0 Å². The first-order chi connectivity index (χ1) is 12.9. The lowest BCUT2D eigenvalue weighted by Crippen LogP contribution is -2.41. The molecule has 0 aromatic heterocycles. The maximum atomic E-state index is 12.6. The quantitative estimate of drug-likeness (QED) is 0.686. The second kappa shape index (κ2) is 8.66. The van der Waals surface area contributed by atoms with E-state index in [0.717, 1.165) is 16.1 Å². The van der Waals surface area contributed by atoms with Gasteiger partial charge in [-0.15, -0.1) is 0 Å². The number of anilines is 1. The molecule has 0 saturated heterocycles. The molecule has 2 rings (SSSR count). The normalized spacial score (nSPS) is 13.1. The van der Waals surface area contributed by atoms with Crippen LogP contribution in [0, 0.1) is 0 Å². The van der Waals surface area contributed by atoms with Crippen molar-refractivity contribution in [3.63, 3.8) is 0 Å². The molecule has 152 valence electrons. The van der Waals surface area contributed by atoms with Crippen LogP contribution in [0.15, 0.2) is 53.0 Å². The summed E-state index contributed by atoms with van der Waals surface area (Å²) in [6, 6.07) is 14.8. The lowest BCUT2D eigenvalue weighted by atomic mass is 9.86. The van der Waals surface area contributed by atoms with E-state index in [1.807, 2.05) is 19.1 Å². The molecule has 0 aliphatic carbocycles. The Morgan fingerprint density at radius 1 is 1.11 bits per heavy atom. The third-order valence-electron chi connectivity index (χ3n) is 4.46. The molecule has 1 atom stereocenters. The van der Waals surface area contributed by atoms with Crippen LogP contribution in [0.1, 0.15) is 44.9 Å². The molecular formula is C21H27BrN2O3S. The molecule has 1 N–H and O–H groups in total. The van der Waals surface area contributed by atoms with Crippen molar-refractivity contribution >= 4 is 37.5 Å². The van der Waals surface area contributed by atoms with Crippen molar-refractivity contribution < 1.29 is 13.2 Å². The Balaban J connectivity index is 2.13. The second-order valence-electron chi connectivity index (χ2n) is 7.88. The molecular weight excluding hydrogens is 440 g/mol. The molecule has 2 aromatic rings. The van der Waals surface area contributed by atoms with Gasteiger partial charge in [-0.2, -0.15) is 0 Å². The average molecular weight is 467 g/mol. The van der Waals surface area contributed by atoms with E-state index in [9.17, 15) is 13.2 Å². The Hall–Kier alpha value is -1.86. The van der Waals surface area contributed by atoms with Crippen molar-refractivity contribution in [2.45, 2.75) is 39.2 Å². The summed E-state index contributed by atoms with van der Waals surface area (Å²) in [5.41, 5.74) is 2.67. The number of rotatable bonds is 6. The van der Waals surface area contributed by atoms with Gasteiger partial charge in [0.25, 0.3) is 0 Å². The fourth-order valence-corrected chi connectivity index (χ4v) is 4.29. The number of sulfonamides is 1. The zero-order chi connectivity index (χ0) is 21.1. The van der Waals surface area contributed by atoms with Gasteiger partial charge >= 0.3 is 0 Å². The molecule has 0 aliphatic rings. The first-order valence-electron chi connectivity index (χ1n) is 9.01. The van der Waals surface area contributed by atoms with Crippen LogP contribution in [-0.4, -0.2) is 27.1 Å². The van der Waals surface area contributed by atoms with Gasteiger partial charge in [-0.25, -0.2) is 8.42 Å². The summed E-state index contributed by atoms with van der Waals surface area (Å²) in [5, 5.41) is 2.89. The van der Waals surface area contributed by atoms with Gasteiger partial charge in [0.2, 0.25) is 15.9 Å². The molecule has 28 heavy (non-hydrogen) atoms. The number of amides is 1. The topological polar surface area (TPSA) is 66.5 Å². The third kappa shape index (κ3) is 5.82. The fraction of sp³-hybridized carbons (Fsp3) is 0.381. The zero-order valence-electron chi connectivity index (χ0n) is 16.9. The molecule has 0 spiro atoms. The molecule has 0 unspecified atom stereocenters. The molecule has 1 amide bonds. The van der Waals surface area contributed by atoms with Gasteiger partial charge in [-0.1, -0.05) is 57.2 Å². The molecule has 2 aromatic carbocycles. The van der Waals surface area contributed by atoms with E-state index in [1.54, 1.807) is 24.3 Å². The minimum absolute atomic E-state index is 0.0596. The average Bonchev–Trinajstić information content (AvgIpc) is 2.59. The number of nitrogens with zero attached hydrogens (tertiary/aromatic N) is 1. The smallest absolute Gasteiger partial charge is 0.241 e. The van der Waals surface area contributed by atoms with Gasteiger partial charge in [0.05, 0.1) is 18.0 Å². The largest absolute Gasteiger partial charge is 0.348 e. The summed E-state index contributed by atoms with van der Waals surface area (Å²) < 4.78 is 26.2.